The summed E-state index contributed by atoms with van der Waals surface area (Å²) >= 11 is 3.32. The Morgan fingerprint density at radius 3 is 2.86 bits per heavy atom. The van der Waals surface area contributed by atoms with E-state index in [2.05, 4.69) is 22.5 Å². The van der Waals surface area contributed by atoms with Crippen LogP contribution in [0, 0.1) is 12.7 Å². The van der Waals surface area contributed by atoms with Crippen molar-refractivity contribution < 1.29 is 4.39 Å². The fraction of sp³-hybridized carbons (Fsp3) is 0.273. The minimum atomic E-state index is -0.316. The molecule has 0 radical (unpaired) electrons. The van der Waals surface area contributed by atoms with E-state index in [0.29, 0.717) is 17.5 Å². The van der Waals surface area contributed by atoms with Crippen molar-refractivity contribution in [2.45, 2.75) is 19.4 Å². The third-order valence-corrected chi connectivity index (χ3v) is 2.53. The Balaban J connectivity index is 3.12. The van der Waals surface area contributed by atoms with Gasteiger partial charge in [-0.25, -0.2) is 4.39 Å². The van der Waals surface area contributed by atoms with E-state index in [0.717, 1.165) is 4.47 Å². The van der Waals surface area contributed by atoms with E-state index >= 15 is 0 Å². The van der Waals surface area contributed by atoms with Gasteiger partial charge in [-0.05, 0) is 31.0 Å². The van der Waals surface area contributed by atoms with Crippen molar-refractivity contribution in [1.29, 1.82) is 0 Å². The summed E-state index contributed by atoms with van der Waals surface area (Å²) in [5.74, 6) is -0.220. The molecule has 2 N–H and O–H groups in total. The van der Waals surface area contributed by atoms with Crippen LogP contribution in [0.4, 0.5) is 4.39 Å². The third kappa shape index (κ3) is 2.42. The third-order valence-electron chi connectivity index (χ3n) is 2.07. The predicted octanol–water partition coefficient (Wildman–Crippen LogP) is 3.47. The maximum atomic E-state index is 13.6. The highest BCUT2D eigenvalue weighted by atomic mass is 79.9. The summed E-state index contributed by atoms with van der Waals surface area (Å²) in [6.45, 7) is 5.31. The Kier molecular flexibility index (Phi) is 3.84. The summed E-state index contributed by atoms with van der Waals surface area (Å²) in [5, 5.41) is 0. The van der Waals surface area contributed by atoms with Crippen molar-refractivity contribution in [3.63, 3.8) is 0 Å². The molecular formula is C11H13BrFN. The Morgan fingerprint density at radius 1 is 1.64 bits per heavy atom. The molecule has 1 nitrogen and oxygen atoms in total. The highest BCUT2D eigenvalue weighted by Gasteiger charge is 2.12. The zero-order valence-electron chi connectivity index (χ0n) is 8.06. The van der Waals surface area contributed by atoms with E-state index in [-0.39, 0.29) is 11.9 Å². The van der Waals surface area contributed by atoms with Gasteiger partial charge in [0, 0.05) is 16.1 Å². The molecule has 0 saturated carbocycles. The first-order valence-corrected chi connectivity index (χ1v) is 5.17. The second kappa shape index (κ2) is 4.71. The van der Waals surface area contributed by atoms with Gasteiger partial charge in [0.2, 0.25) is 0 Å². The Labute approximate surface area is 91.9 Å². The molecule has 0 amide bonds. The van der Waals surface area contributed by atoms with Crippen LogP contribution in [0.2, 0.25) is 0 Å². The monoisotopic (exact) mass is 257 g/mol. The van der Waals surface area contributed by atoms with Gasteiger partial charge in [-0.2, -0.15) is 0 Å². The lowest BCUT2D eigenvalue weighted by molar-refractivity contribution is 0.575. The molecular weight excluding hydrogens is 245 g/mol. The molecule has 1 rings (SSSR count). The number of halogens is 2. The molecule has 0 heterocycles. The molecule has 1 aromatic carbocycles. The van der Waals surface area contributed by atoms with Gasteiger partial charge in [0.15, 0.2) is 0 Å². The first-order valence-electron chi connectivity index (χ1n) is 4.38. The molecule has 1 aromatic rings. The van der Waals surface area contributed by atoms with Crippen molar-refractivity contribution in [2.75, 3.05) is 0 Å². The summed E-state index contributed by atoms with van der Waals surface area (Å²) < 4.78 is 14.5. The van der Waals surface area contributed by atoms with Crippen molar-refractivity contribution in [1.82, 2.24) is 0 Å². The summed E-state index contributed by atoms with van der Waals surface area (Å²) in [5.41, 5.74) is 6.96. The van der Waals surface area contributed by atoms with E-state index in [4.69, 9.17) is 5.73 Å². The van der Waals surface area contributed by atoms with Gasteiger partial charge in [-0.1, -0.05) is 22.0 Å². The second-order valence-corrected chi connectivity index (χ2v) is 4.17. The van der Waals surface area contributed by atoms with E-state index in [9.17, 15) is 4.39 Å². The van der Waals surface area contributed by atoms with Crippen molar-refractivity contribution in [2.24, 2.45) is 5.73 Å². The zero-order valence-corrected chi connectivity index (χ0v) is 9.64. The standard InChI is InChI=1S/C11H13BrFN/c1-3-4-10(14)9-6-8(12)5-7(2)11(9)13/h3,5-6,10H,1,4,14H2,2H3/t10-/m0/s1. The molecule has 0 aliphatic carbocycles. The molecule has 0 fully saturated rings. The van der Waals surface area contributed by atoms with Crippen molar-refractivity contribution >= 4 is 15.9 Å². The van der Waals surface area contributed by atoms with Crippen LogP contribution in [0.5, 0.6) is 0 Å². The first-order chi connectivity index (χ1) is 6.56. The van der Waals surface area contributed by atoms with Crippen LogP contribution >= 0.6 is 15.9 Å². The Hall–Kier alpha value is -0.670. The molecule has 1 atom stereocenters. The minimum Gasteiger partial charge on any atom is -0.324 e. The molecule has 76 valence electrons. The molecule has 0 aliphatic heterocycles. The Bertz CT molecular complexity index is 349. The van der Waals surface area contributed by atoms with Crippen LogP contribution < -0.4 is 5.73 Å². The lowest BCUT2D eigenvalue weighted by Crippen LogP contribution is -2.11. The maximum absolute atomic E-state index is 13.6. The zero-order chi connectivity index (χ0) is 10.7. The quantitative estimate of drug-likeness (QED) is 0.825. The van der Waals surface area contributed by atoms with Crippen LogP contribution in [0.15, 0.2) is 29.3 Å². The van der Waals surface area contributed by atoms with Crippen LogP contribution in [0.1, 0.15) is 23.6 Å². The van der Waals surface area contributed by atoms with Crippen molar-refractivity contribution in [3.05, 3.63) is 46.2 Å². The summed E-state index contributed by atoms with van der Waals surface area (Å²) in [6.07, 6.45) is 2.27. The normalized spacial score (nSPS) is 12.6. The average Bonchev–Trinajstić information content (AvgIpc) is 2.11. The summed E-state index contributed by atoms with van der Waals surface area (Å²) in [4.78, 5) is 0. The van der Waals surface area contributed by atoms with Crippen LogP contribution in [0.25, 0.3) is 0 Å². The summed E-state index contributed by atoms with van der Waals surface area (Å²) in [7, 11) is 0. The predicted molar refractivity (Wildman–Crippen MR) is 60.6 cm³/mol. The van der Waals surface area contributed by atoms with Gasteiger partial charge < -0.3 is 5.73 Å². The maximum Gasteiger partial charge on any atom is 0.130 e. The highest BCUT2D eigenvalue weighted by Crippen LogP contribution is 2.25. The number of hydrogen-bond acceptors (Lipinski definition) is 1. The van der Waals surface area contributed by atoms with E-state index < -0.39 is 0 Å². The van der Waals surface area contributed by atoms with E-state index in [1.54, 1.807) is 25.1 Å². The highest BCUT2D eigenvalue weighted by molar-refractivity contribution is 9.10. The molecule has 0 aliphatic rings. The largest absolute Gasteiger partial charge is 0.324 e. The fourth-order valence-corrected chi connectivity index (χ4v) is 1.92. The Morgan fingerprint density at radius 2 is 2.29 bits per heavy atom. The number of nitrogens with two attached hydrogens (primary N) is 1. The molecule has 0 bridgehead atoms. The van der Waals surface area contributed by atoms with Gasteiger partial charge >= 0.3 is 0 Å². The number of hydrogen-bond donors (Lipinski definition) is 1. The first kappa shape index (κ1) is 11.4. The van der Waals surface area contributed by atoms with E-state index in [1.165, 1.54) is 0 Å². The number of rotatable bonds is 3. The van der Waals surface area contributed by atoms with Gasteiger partial charge in [0.25, 0.3) is 0 Å². The molecule has 3 heteroatoms. The second-order valence-electron chi connectivity index (χ2n) is 3.26. The van der Waals surface area contributed by atoms with Gasteiger partial charge in [-0.3, -0.25) is 0 Å². The molecule has 14 heavy (non-hydrogen) atoms. The van der Waals surface area contributed by atoms with Gasteiger partial charge in [-0.15, -0.1) is 6.58 Å². The molecule has 0 unspecified atom stereocenters. The number of benzene rings is 1. The SMILES string of the molecule is C=CC[C@H](N)c1cc(Br)cc(C)c1F. The van der Waals surface area contributed by atoms with Crippen molar-refractivity contribution in [3.8, 4) is 0 Å². The average molecular weight is 258 g/mol. The smallest absolute Gasteiger partial charge is 0.130 e. The fourth-order valence-electron chi connectivity index (χ4n) is 1.33. The van der Waals surface area contributed by atoms with Gasteiger partial charge in [0.1, 0.15) is 5.82 Å². The summed E-state index contributed by atoms with van der Waals surface area (Å²) in [6, 6.07) is 3.14. The lowest BCUT2D eigenvalue weighted by atomic mass is 10.0. The van der Waals surface area contributed by atoms with E-state index in [1.807, 2.05) is 0 Å². The van der Waals surface area contributed by atoms with Gasteiger partial charge in [0.05, 0.1) is 0 Å². The minimum absolute atomic E-state index is 0.220. The lowest BCUT2D eigenvalue weighted by Gasteiger charge is -2.12. The van der Waals surface area contributed by atoms with Crippen LogP contribution in [-0.4, -0.2) is 0 Å². The molecule has 0 spiro atoms. The van der Waals surface area contributed by atoms with Crippen LogP contribution in [0.3, 0.4) is 0 Å². The topological polar surface area (TPSA) is 26.0 Å². The molecule has 0 aromatic heterocycles. The molecule has 0 saturated heterocycles. The van der Waals surface area contributed by atoms with Crippen LogP contribution in [-0.2, 0) is 0 Å². The number of aryl methyl sites for hydroxylation is 1.